The summed E-state index contributed by atoms with van der Waals surface area (Å²) < 4.78 is 5.92. The van der Waals surface area contributed by atoms with E-state index >= 15 is 0 Å². The highest BCUT2D eigenvalue weighted by molar-refractivity contribution is 14.0. The first-order chi connectivity index (χ1) is 12.3. The Morgan fingerprint density at radius 2 is 2.04 bits per heavy atom. The number of amides is 1. The highest BCUT2D eigenvalue weighted by Crippen LogP contribution is 2.28. The predicted molar refractivity (Wildman–Crippen MR) is 114 cm³/mol. The average molecular weight is 472 g/mol. The fourth-order valence-electron chi connectivity index (χ4n) is 3.30. The summed E-state index contributed by atoms with van der Waals surface area (Å²) in [7, 11) is 0. The summed E-state index contributed by atoms with van der Waals surface area (Å²) in [6.45, 7) is 5.85. The summed E-state index contributed by atoms with van der Waals surface area (Å²) >= 11 is 0. The second-order valence-corrected chi connectivity index (χ2v) is 6.54. The van der Waals surface area contributed by atoms with Crippen molar-refractivity contribution >= 4 is 35.8 Å². The van der Waals surface area contributed by atoms with Gasteiger partial charge in [0, 0.05) is 39.0 Å². The van der Waals surface area contributed by atoms with E-state index in [1.54, 1.807) is 0 Å². The predicted octanol–water partition coefficient (Wildman–Crippen LogP) is 2.18. The lowest BCUT2D eigenvalue weighted by atomic mass is 10.1. The molecule has 2 aliphatic heterocycles. The van der Waals surface area contributed by atoms with Crippen molar-refractivity contribution in [3.63, 3.8) is 0 Å². The third-order valence-electron chi connectivity index (χ3n) is 4.60. The second-order valence-electron chi connectivity index (χ2n) is 6.54. The molecule has 1 aromatic rings. The lowest BCUT2D eigenvalue weighted by Crippen LogP contribution is -2.40. The maximum Gasteiger partial charge on any atom is 0.224 e. The molecule has 1 unspecified atom stereocenters. The molecule has 0 bridgehead atoms. The highest BCUT2D eigenvalue weighted by atomic mass is 127. The van der Waals surface area contributed by atoms with E-state index < -0.39 is 0 Å². The number of para-hydroxylation sites is 1. The molecule has 1 aromatic carbocycles. The van der Waals surface area contributed by atoms with Gasteiger partial charge in [-0.1, -0.05) is 18.2 Å². The van der Waals surface area contributed by atoms with Crippen LogP contribution in [0.4, 0.5) is 0 Å². The molecule has 2 aliphatic rings. The number of carbonyl (C=O) groups is 1. The summed E-state index contributed by atoms with van der Waals surface area (Å²) in [6.07, 6.45) is 3.75. The van der Waals surface area contributed by atoms with Crippen molar-refractivity contribution in [2.24, 2.45) is 4.99 Å². The summed E-state index contributed by atoms with van der Waals surface area (Å²) in [4.78, 5) is 18.7. The fourth-order valence-corrected chi connectivity index (χ4v) is 3.30. The van der Waals surface area contributed by atoms with E-state index in [9.17, 15) is 4.79 Å². The Balaban J connectivity index is 0.00000243. The van der Waals surface area contributed by atoms with Gasteiger partial charge in [-0.05, 0) is 31.4 Å². The van der Waals surface area contributed by atoms with Gasteiger partial charge in [0.05, 0.1) is 6.54 Å². The zero-order chi connectivity index (χ0) is 17.5. The second kappa shape index (κ2) is 10.6. The van der Waals surface area contributed by atoms with Gasteiger partial charge in [0.1, 0.15) is 11.9 Å². The molecule has 3 rings (SSSR count). The summed E-state index contributed by atoms with van der Waals surface area (Å²) in [5.74, 6) is 1.95. The summed E-state index contributed by atoms with van der Waals surface area (Å²) in [6, 6.07) is 8.14. The number of fused-ring (bicyclic) bond motifs is 1. The van der Waals surface area contributed by atoms with Gasteiger partial charge < -0.3 is 20.3 Å². The van der Waals surface area contributed by atoms with Crippen LogP contribution in [-0.4, -0.2) is 55.6 Å². The van der Waals surface area contributed by atoms with E-state index in [1.807, 2.05) is 30.0 Å². The number of carbonyl (C=O) groups excluding carboxylic acids is 1. The number of benzene rings is 1. The Hall–Kier alpha value is -1.51. The van der Waals surface area contributed by atoms with Gasteiger partial charge in [-0.15, -0.1) is 24.0 Å². The Kier molecular flexibility index (Phi) is 8.47. The van der Waals surface area contributed by atoms with Gasteiger partial charge in [-0.3, -0.25) is 4.79 Å². The van der Waals surface area contributed by atoms with Crippen LogP contribution >= 0.6 is 24.0 Å². The van der Waals surface area contributed by atoms with Crippen LogP contribution in [0.15, 0.2) is 29.3 Å². The van der Waals surface area contributed by atoms with Crippen molar-refractivity contribution < 1.29 is 9.53 Å². The van der Waals surface area contributed by atoms with Crippen LogP contribution in [0.5, 0.6) is 5.75 Å². The van der Waals surface area contributed by atoms with Crippen LogP contribution < -0.4 is 15.4 Å². The SMILES string of the molecule is CCNC(=NCC1Cc2ccccc2O1)NCCC(=O)N1CCCC1.I. The number of rotatable bonds is 6. The Bertz CT molecular complexity index is 592. The van der Waals surface area contributed by atoms with Crippen LogP contribution in [0, 0.1) is 0 Å². The van der Waals surface area contributed by atoms with Crippen molar-refractivity contribution in [1.29, 1.82) is 0 Å². The van der Waals surface area contributed by atoms with E-state index in [0.29, 0.717) is 19.5 Å². The monoisotopic (exact) mass is 472 g/mol. The van der Waals surface area contributed by atoms with Gasteiger partial charge in [-0.2, -0.15) is 0 Å². The topological polar surface area (TPSA) is 66.0 Å². The Morgan fingerprint density at radius 1 is 1.27 bits per heavy atom. The number of likely N-dealkylation sites (tertiary alicyclic amines) is 1. The van der Waals surface area contributed by atoms with Crippen LogP contribution in [0.3, 0.4) is 0 Å². The molecule has 1 saturated heterocycles. The standard InChI is InChI=1S/C19H28N4O2.HI/c1-2-20-19(21-10-9-18(24)23-11-5-6-12-23)22-14-16-13-15-7-3-4-8-17(15)25-16;/h3-4,7-8,16H,2,5-6,9-14H2,1H3,(H2,20,21,22);1H. The van der Waals surface area contributed by atoms with Crippen molar-refractivity contribution in [3.8, 4) is 5.75 Å². The molecule has 2 N–H and O–H groups in total. The summed E-state index contributed by atoms with van der Waals surface area (Å²) in [5.41, 5.74) is 1.25. The Labute approximate surface area is 172 Å². The molecule has 2 heterocycles. The highest BCUT2D eigenvalue weighted by Gasteiger charge is 2.22. The van der Waals surface area contributed by atoms with Crippen molar-refractivity contribution in [3.05, 3.63) is 29.8 Å². The van der Waals surface area contributed by atoms with Crippen molar-refractivity contribution in [2.45, 2.75) is 38.7 Å². The number of hydrogen-bond acceptors (Lipinski definition) is 3. The molecule has 0 aromatic heterocycles. The first-order valence-corrected chi connectivity index (χ1v) is 9.31. The molecule has 0 spiro atoms. The maximum atomic E-state index is 12.1. The first kappa shape index (κ1) is 20.8. The molecule has 6 nitrogen and oxygen atoms in total. The smallest absolute Gasteiger partial charge is 0.224 e. The van der Waals surface area contributed by atoms with Crippen LogP contribution in [-0.2, 0) is 11.2 Å². The third kappa shape index (κ3) is 5.75. The maximum absolute atomic E-state index is 12.1. The summed E-state index contributed by atoms with van der Waals surface area (Å²) in [5, 5.41) is 6.49. The zero-order valence-electron chi connectivity index (χ0n) is 15.4. The van der Waals surface area contributed by atoms with Crippen molar-refractivity contribution in [1.82, 2.24) is 15.5 Å². The molecule has 1 fully saturated rings. The van der Waals surface area contributed by atoms with Gasteiger partial charge >= 0.3 is 0 Å². The first-order valence-electron chi connectivity index (χ1n) is 9.31. The van der Waals surface area contributed by atoms with Gasteiger partial charge in [0.2, 0.25) is 5.91 Å². The normalized spacial score (nSPS) is 18.7. The number of ether oxygens (including phenoxy) is 1. The minimum Gasteiger partial charge on any atom is -0.488 e. The molecular weight excluding hydrogens is 443 g/mol. The van der Waals surface area contributed by atoms with Gasteiger partial charge in [-0.25, -0.2) is 4.99 Å². The average Bonchev–Trinajstić information content (AvgIpc) is 3.28. The fraction of sp³-hybridized carbons (Fsp3) is 0.579. The molecule has 144 valence electrons. The number of halogens is 1. The molecule has 0 saturated carbocycles. The van der Waals surface area contributed by atoms with Crippen LogP contribution in [0.1, 0.15) is 31.7 Å². The zero-order valence-corrected chi connectivity index (χ0v) is 17.7. The molecular formula is C19H29IN4O2. The molecule has 26 heavy (non-hydrogen) atoms. The quantitative estimate of drug-likeness (QED) is 0.379. The van der Waals surface area contributed by atoms with Gasteiger partial charge in [0.25, 0.3) is 0 Å². The van der Waals surface area contributed by atoms with E-state index in [4.69, 9.17) is 4.74 Å². The van der Waals surface area contributed by atoms with E-state index in [0.717, 1.165) is 50.6 Å². The minimum atomic E-state index is 0. The minimum absolute atomic E-state index is 0. The lowest BCUT2D eigenvalue weighted by Gasteiger charge is -2.16. The van der Waals surface area contributed by atoms with E-state index in [2.05, 4.69) is 21.7 Å². The number of nitrogens with one attached hydrogen (secondary N) is 2. The largest absolute Gasteiger partial charge is 0.488 e. The number of nitrogens with zero attached hydrogens (tertiary/aromatic N) is 2. The van der Waals surface area contributed by atoms with E-state index in [1.165, 1.54) is 5.56 Å². The molecule has 0 radical (unpaired) electrons. The number of guanidine groups is 1. The van der Waals surface area contributed by atoms with Gasteiger partial charge in [0.15, 0.2) is 5.96 Å². The number of aliphatic imine (C=N–C) groups is 1. The number of hydrogen-bond donors (Lipinski definition) is 2. The third-order valence-corrected chi connectivity index (χ3v) is 4.60. The molecule has 7 heteroatoms. The Morgan fingerprint density at radius 3 is 2.77 bits per heavy atom. The van der Waals surface area contributed by atoms with Crippen molar-refractivity contribution in [2.75, 3.05) is 32.7 Å². The van der Waals surface area contributed by atoms with Crippen LogP contribution in [0.25, 0.3) is 0 Å². The lowest BCUT2D eigenvalue weighted by molar-refractivity contribution is -0.129. The van der Waals surface area contributed by atoms with E-state index in [-0.39, 0.29) is 36.0 Å². The molecule has 1 atom stereocenters. The van der Waals surface area contributed by atoms with Crippen LogP contribution in [0.2, 0.25) is 0 Å². The molecule has 1 amide bonds. The molecule has 0 aliphatic carbocycles.